The Morgan fingerprint density at radius 1 is 1.02 bits per heavy atom. The SMILES string of the molecule is CCOc1cc(-c2ccc(N3CCC(CC(=O)c4cc(Cl)cnc4C)(CN4CCN(CC)CC4)CC3)nc2)c2c(C#N)cnn2c1. The van der Waals surface area contributed by atoms with Gasteiger partial charge in [-0.2, -0.15) is 10.4 Å². The number of piperazine rings is 1. The Morgan fingerprint density at radius 3 is 2.46 bits per heavy atom. The molecular weight excluding hydrogens is 600 g/mol. The number of carbonyl (C=O) groups is 1. The zero-order valence-electron chi connectivity index (χ0n) is 26.9. The number of piperidine rings is 1. The van der Waals surface area contributed by atoms with Crippen LogP contribution in [0.25, 0.3) is 16.6 Å². The largest absolute Gasteiger partial charge is 0.492 e. The Kier molecular flexibility index (Phi) is 9.54. The minimum absolute atomic E-state index is 0.118. The van der Waals surface area contributed by atoms with E-state index in [0.29, 0.717) is 34.9 Å². The number of anilines is 1. The van der Waals surface area contributed by atoms with E-state index in [1.807, 2.05) is 32.2 Å². The highest BCUT2D eigenvalue weighted by atomic mass is 35.5. The van der Waals surface area contributed by atoms with Crippen molar-refractivity contribution in [3.05, 3.63) is 70.9 Å². The summed E-state index contributed by atoms with van der Waals surface area (Å²) in [5, 5.41) is 14.6. The number of nitriles is 1. The molecule has 46 heavy (non-hydrogen) atoms. The third-order valence-electron chi connectivity index (χ3n) is 9.59. The number of aryl methyl sites for hydroxylation is 1. The molecule has 2 fully saturated rings. The molecule has 2 saturated heterocycles. The standard InChI is InChI=1S/C35H41ClN8O2/c1-4-41-12-14-42(15-13-41)24-35(18-32(45)30-16-28(36)22-38-25(30)3)8-10-43(11-9-35)33-7-6-26(20-39-33)31-17-29(46-5-2)23-44-34(31)27(19-37)21-40-44/h6-7,16-17,20-23H,4-5,8-15,18,24H2,1-3H3. The number of carbonyl (C=O) groups excluding carboxylic acids is 1. The fourth-order valence-electron chi connectivity index (χ4n) is 6.94. The Bertz CT molecular complexity index is 1730. The zero-order valence-corrected chi connectivity index (χ0v) is 27.6. The number of hydrogen-bond acceptors (Lipinski definition) is 9. The van der Waals surface area contributed by atoms with Crippen molar-refractivity contribution in [3.8, 4) is 22.9 Å². The lowest BCUT2D eigenvalue weighted by Gasteiger charge is -2.46. The van der Waals surface area contributed by atoms with Gasteiger partial charge in [-0.1, -0.05) is 18.5 Å². The monoisotopic (exact) mass is 640 g/mol. The molecule has 0 spiro atoms. The van der Waals surface area contributed by atoms with Gasteiger partial charge in [0.05, 0.1) is 35.1 Å². The van der Waals surface area contributed by atoms with Gasteiger partial charge in [-0.3, -0.25) is 9.78 Å². The molecule has 10 nitrogen and oxygen atoms in total. The van der Waals surface area contributed by atoms with Gasteiger partial charge >= 0.3 is 0 Å². The van der Waals surface area contributed by atoms with Gasteiger partial charge in [-0.15, -0.1) is 0 Å². The maximum absolute atomic E-state index is 13.8. The van der Waals surface area contributed by atoms with E-state index in [-0.39, 0.29) is 11.2 Å². The number of likely N-dealkylation sites (N-methyl/N-ethyl adjacent to an activating group) is 1. The number of pyridine rings is 3. The van der Waals surface area contributed by atoms with Crippen LogP contribution in [0.4, 0.5) is 5.82 Å². The zero-order chi connectivity index (χ0) is 32.3. The molecule has 11 heteroatoms. The summed E-state index contributed by atoms with van der Waals surface area (Å²) in [5.74, 6) is 1.71. The van der Waals surface area contributed by atoms with Gasteiger partial charge in [-0.25, -0.2) is 9.50 Å². The fourth-order valence-corrected chi connectivity index (χ4v) is 7.10. The van der Waals surface area contributed by atoms with Gasteiger partial charge in [-0.05, 0) is 62.9 Å². The van der Waals surface area contributed by atoms with Gasteiger partial charge in [0.2, 0.25) is 0 Å². The summed E-state index contributed by atoms with van der Waals surface area (Å²) in [7, 11) is 0. The van der Waals surface area contributed by atoms with Crippen LogP contribution in [0.15, 0.2) is 49.1 Å². The molecule has 0 aliphatic carbocycles. The molecule has 2 aliphatic heterocycles. The van der Waals surface area contributed by atoms with Crippen LogP contribution >= 0.6 is 11.6 Å². The Balaban J connectivity index is 1.21. The second kappa shape index (κ2) is 13.8. The van der Waals surface area contributed by atoms with Crippen LogP contribution in [0.2, 0.25) is 5.02 Å². The molecule has 0 aromatic carbocycles. The third-order valence-corrected chi connectivity index (χ3v) is 9.79. The normalized spacial score (nSPS) is 17.2. The molecule has 0 N–H and O–H groups in total. The van der Waals surface area contributed by atoms with E-state index < -0.39 is 0 Å². The topological polar surface area (TPSA) is 103 Å². The van der Waals surface area contributed by atoms with Gasteiger partial charge in [0.15, 0.2) is 5.78 Å². The second-order valence-electron chi connectivity index (χ2n) is 12.5. The molecule has 4 aromatic heterocycles. The van der Waals surface area contributed by atoms with Crippen LogP contribution in [-0.2, 0) is 0 Å². The van der Waals surface area contributed by atoms with Crippen molar-refractivity contribution >= 4 is 28.7 Å². The Hall–Kier alpha value is -4.04. The maximum Gasteiger partial charge on any atom is 0.165 e. The number of rotatable bonds is 10. The number of hydrogen-bond donors (Lipinski definition) is 0. The van der Waals surface area contributed by atoms with Crippen LogP contribution < -0.4 is 9.64 Å². The molecule has 0 radical (unpaired) electrons. The van der Waals surface area contributed by atoms with Crippen molar-refractivity contribution < 1.29 is 9.53 Å². The molecule has 6 rings (SSSR count). The lowest BCUT2D eigenvalue weighted by Crippen LogP contribution is -2.52. The first kappa shape index (κ1) is 31.9. The molecule has 240 valence electrons. The molecule has 0 amide bonds. The summed E-state index contributed by atoms with van der Waals surface area (Å²) >= 11 is 6.25. The highest BCUT2D eigenvalue weighted by Crippen LogP contribution is 2.39. The molecule has 4 aromatic rings. The summed E-state index contributed by atoms with van der Waals surface area (Å²) in [6, 6.07) is 10.1. The van der Waals surface area contributed by atoms with E-state index in [4.69, 9.17) is 21.3 Å². The van der Waals surface area contributed by atoms with Crippen LogP contribution in [0.1, 0.15) is 54.7 Å². The summed E-state index contributed by atoms with van der Waals surface area (Å²) < 4.78 is 7.47. The molecule has 0 unspecified atom stereocenters. The first-order valence-corrected chi connectivity index (χ1v) is 16.5. The first-order valence-electron chi connectivity index (χ1n) is 16.2. The number of ether oxygens (including phenoxy) is 1. The van der Waals surface area contributed by atoms with E-state index in [2.05, 4.69) is 43.8 Å². The van der Waals surface area contributed by atoms with Crippen molar-refractivity contribution in [1.29, 1.82) is 5.26 Å². The molecule has 0 atom stereocenters. The lowest BCUT2D eigenvalue weighted by atomic mass is 9.73. The third kappa shape index (κ3) is 6.73. The van der Waals surface area contributed by atoms with E-state index in [1.54, 1.807) is 29.2 Å². The van der Waals surface area contributed by atoms with Crippen molar-refractivity contribution in [3.63, 3.8) is 0 Å². The van der Waals surface area contributed by atoms with E-state index in [1.165, 1.54) is 0 Å². The summed E-state index contributed by atoms with van der Waals surface area (Å²) in [6.45, 7) is 14.3. The smallest absolute Gasteiger partial charge is 0.165 e. The number of Topliss-reactive ketones (excluding diaryl/α,β-unsaturated/α-hetero) is 1. The van der Waals surface area contributed by atoms with Crippen LogP contribution in [-0.4, -0.2) is 94.1 Å². The molecule has 2 aliphatic rings. The predicted molar refractivity (Wildman–Crippen MR) is 180 cm³/mol. The summed E-state index contributed by atoms with van der Waals surface area (Å²) in [6.07, 6.45) is 9.09. The highest BCUT2D eigenvalue weighted by molar-refractivity contribution is 6.30. The number of ketones is 1. The van der Waals surface area contributed by atoms with E-state index in [9.17, 15) is 10.1 Å². The van der Waals surface area contributed by atoms with Crippen molar-refractivity contribution in [2.24, 2.45) is 5.41 Å². The molecular formula is C35H41ClN8O2. The van der Waals surface area contributed by atoms with E-state index in [0.717, 1.165) is 93.4 Å². The van der Waals surface area contributed by atoms with Crippen LogP contribution in [0.3, 0.4) is 0 Å². The number of halogens is 1. The maximum atomic E-state index is 13.8. The van der Waals surface area contributed by atoms with Crippen molar-refractivity contribution in [2.45, 2.75) is 40.0 Å². The average Bonchev–Trinajstić information content (AvgIpc) is 3.49. The highest BCUT2D eigenvalue weighted by Gasteiger charge is 2.39. The first-order chi connectivity index (χ1) is 22.3. The van der Waals surface area contributed by atoms with Crippen molar-refractivity contribution in [1.82, 2.24) is 29.4 Å². The lowest BCUT2D eigenvalue weighted by molar-refractivity contribution is 0.0589. The van der Waals surface area contributed by atoms with Gasteiger partial charge in [0.25, 0.3) is 0 Å². The number of aromatic nitrogens is 4. The number of nitrogens with zero attached hydrogens (tertiary/aromatic N) is 8. The minimum atomic E-state index is -0.141. The van der Waals surface area contributed by atoms with Crippen LogP contribution in [0, 0.1) is 23.7 Å². The average molecular weight is 641 g/mol. The second-order valence-corrected chi connectivity index (χ2v) is 12.9. The van der Waals surface area contributed by atoms with Crippen molar-refractivity contribution in [2.75, 3.05) is 63.9 Å². The Labute approximate surface area is 275 Å². The quantitative estimate of drug-likeness (QED) is 0.207. The molecule has 0 saturated carbocycles. The Morgan fingerprint density at radius 2 is 1.78 bits per heavy atom. The van der Waals surface area contributed by atoms with Gasteiger partial charge in [0.1, 0.15) is 17.6 Å². The fraction of sp³-hybridized carbons (Fsp3) is 0.457. The number of fused-ring (bicyclic) bond motifs is 1. The minimum Gasteiger partial charge on any atom is -0.492 e. The van der Waals surface area contributed by atoms with Gasteiger partial charge < -0.3 is 19.4 Å². The predicted octanol–water partition coefficient (Wildman–Crippen LogP) is 5.52. The van der Waals surface area contributed by atoms with Crippen LogP contribution in [0.5, 0.6) is 5.75 Å². The summed E-state index contributed by atoms with van der Waals surface area (Å²) in [5.41, 5.74) is 4.19. The van der Waals surface area contributed by atoms with Gasteiger partial charge in [0, 0.05) is 87.0 Å². The molecule has 0 bridgehead atoms. The molecule has 6 heterocycles. The summed E-state index contributed by atoms with van der Waals surface area (Å²) in [4.78, 5) is 30.3. The van der Waals surface area contributed by atoms with E-state index >= 15 is 0 Å².